The van der Waals surface area contributed by atoms with Crippen molar-refractivity contribution in [2.75, 3.05) is 0 Å². The first-order chi connectivity index (χ1) is 18.4. The van der Waals surface area contributed by atoms with Gasteiger partial charge in [0.15, 0.2) is 0 Å². The molecule has 0 fully saturated rings. The van der Waals surface area contributed by atoms with Gasteiger partial charge < -0.3 is 4.74 Å². The third-order valence-electron chi connectivity index (χ3n) is 6.98. The van der Waals surface area contributed by atoms with Crippen molar-refractivity contribution in [1.29, 1.82) is 0 Å². The molecule has 174 valence electrons. The van der Waals surface area contributed by atoms with Gasteiger partial charge in [-0.25, -0.2) is 0 Å². The van der Waals surface area contributed by atoms with Crippen molar-refractivity contribution in [3.05, 3.63) is 140 Å². The molecule has 0 saturated heterocycles. The molecule has 6 aromatic carbocycles. The van der Waals surface area contributed by atoms with Crippen molar-refractivity contribution in [3.8, 4) is 33.8 Å². The van der Waals surface area contributed by atoms with Crippen LogP contribution in [0.15, 0.2) is 140 Å². The number of ether oxygens (including phenoxy) is 1. The average Bonchev–Trinajstić information content (AvgIpc) is 2.97. The molecule has 7 aromatic rings. The minimum atomic E-state index is 0.811. The second-order valence-electron chi connectivity index (χ2n) is 9.20. The van der Waals surface area contributed by atoms with Gasteiger partial charge in [-0.2, -0.15) is 0 Å². The lowest BCUT2D eigenvalue weighted by atomic mass is 9.87. The molecule has 0 spiro atoms. The molecule has 0 aliphatic carbocycles. The largest absolute Gasteiger partial charge is 0.456 e. The highest BCUT2D eigenvalue weighted by atomic mass is 16.5. The van der Waals surface area contributed by atoms with Crippen LogP contribution in [0.5, 0.6) is 11.5 Å². The summed E-state index contributed by atoms with van der Waals surface area (Å²) in [5.41, 5.74) is 4.68. The molecule has 0 radical (unpaired) electrons. The molecule has 0 atom stereocenters. The van der Waals surface area contributed by atoms with E-state index in [-0.39, 0.29) is 0 Å². The Labute approximate surface area is 215 Å². The molecule has 1 heterocycles. The molecule has 0 aliphatic heterocycles. The van der Waals surface area contributed by atoms with E-state index >= 15 is 0 Å². The zero-order valence-corrected chi connectivity index (χ0v) is 20.1. The molecule has 0 bridgehead atoms. The van der Waals surface area contributed by atoms with Crippen molar-refractivity contribution in [2.45, 2.75) is 0 Å². The Kier molecular flexibility index (Phi) is 5.15. The fourth-order valence-electron chi connectivity index (χ4n) is 5.30. The number of aromatic nitrogens is 1. The van der Waals surface area contributed by atoms with Gasteiger partial charge in [-0.1, -0.05) is 103 Å². The number of hydrogen-bond donors (Lipinski definition) is 0. The average molecular weight is 474 g/mol. The monoisotopic (exact) mass is 473 g/mol. The highest BCUT2D eigenvalue weighted by Crippen LogP contribution is 2.47. The van der Waals surface area contributed by atoms with Gasteiger partial charge in [0, 0.05) is 33.9 Å². The minimum absolute atomic E-state index is 0.811. The second-order valence-corrected chi connectivity index (χ2v) is 9.20. The predicted octanol–water partition coefficient (Wildman–Crippen LogP) is 9.67. The number of para-hydroxylation sites is 1. The van der Waals surface area contributed by atoms with E-state index in [9.17, 15) is 0 Å². The summed E-state index contributed by atoms with van der Waals surface area (Å²) in [6.07, 6.45) is 3.82. The standard InChI is InChI=1S/C35H23NO/c1-3-11-25(12-4-1)29-16-9-17-31-34(29)33(27-19-18-24-10-7-8-13-26(24)22-27)32-23-36-21-20-30(32)35(31)37-28-14-5-2-6-15-28/h1-23H. The SMILES string of the molecule is c1ccc(Oc2c3ccncc3c(-c3ccc4ccccc4c3)c3c(-c4ccccc4)cccc23)cc1. The lowest BCUT2D eigenvalue weighted by molar-refractivity contribution is 0.494. The summed E-state index contributed by atoms with van der Waals surface area (Å²) in [4.78, 5) is 4.56. The van der Waals surface area contributed by atoms with Crippen LogP contribution in [0.25, 0.3) is 54.6 Å². The summed E-state index contributed by atoms with van der Waals surface area (Å²) in [5, 5.41) is 6.79. The van der Waals surface area contributed by atoms with Crippen LogP contribution in [0.1, 0.15) is 0 Å². The maximum absolute atomic E-state index is 6.63. The van der Waals surface area contributed by atoms with Gasteiger partial charge in [0.2, 0.25) is 0 Å². The van der Waals surface area contributed by atoms with Crippen molar-refractivity contribution >= 4 is 32.3 Å². The zero-order valence-electron chi connectivity index (χ0n) is 20.1. The van der Waals surface area contributed by atoms with Crippen molar-refractivity contribution in [3.63, 3.8) is 0 Å². The third kappa shape index (κ3) is 3.71. The Bertz CT molecular complexity index is 1890. The Balaban J connectivity index is 1.64. The summed E-state index contributed by atoms with van der Waals surface area (Å²) >= 11 is 0. The molecule has 37 heavy (non-hydrogen) atoms. The van der Waals surface area contributed by atoms with Crippen molar-refractivity contribution in [1.82, 2.24) is 4.98 Å². The molecular formula is C35H23NO. The molecule has 7 rings (SSSR count). The van der Waals surface area contributed by atoms with E-state index in [1.807, 2.05) is 42.7 Å². The van der Waals surface area contributed by atoms with Gasteiger partial charge in [0.05, 0.1) is 0 Å². The van der Waals surface area contributed by atoms with Gasteiger partial charge in [0.1, 0.15) is 11.5 Å². The fraction of sp³-hybridized carbons (Fsp3) is 0. The van der Waals surface area contributed by atoms with Gasteiger partial charge in [0.25, 0.3) is 0 Å². The maximum Gasteiger partial charge on any atom is 0.143 e. The normalized spacial score (nSPS) is 11.2. The Hall–Kier alpha value is -4.95. The molecule has 1 aromatic heterocycles. The van der Waals surface area contributed by atoms with Gasteiger partial charge >= 0.3 is 0 Å². The van der Waals surface area contributed by atoms with E-state index in [2.05, 4.69) is 102 Å². The zero-order chi connectivity index (χ0) is 24.6. The number of rotatable bonds is 4. The summed E-state index contributed by atoms with van der Waals surface area (Å²) in [7, 11) is 0. The van der Waals surface area contributed by atoms with Crippen molar-refractivity contribution < 1.29 is 4.74 Å². The molecule has 0 N–H and O–H groups in total. The van der Waals surface area contributed by atoms with Gasteiger partial charge in [-0.15, -0.1) is 0 Å². The van der Waals surface area contributed by atoms with E-state index in [0.29, 0.717) is 0 Å². The van der Waals surface area contributed by atoms with E-state index in [0.717, 1.165) is 38.6 Å². The van der Waals surface area contributed by atoms with Crippen LogP contribution in [0.2, 0.25) is 0 Å². The van der Waals surface area contributed by atoms with Crippen LogP contribution >= 0.6 is 0 Å². The number of pyridine rings is 1. The van der Waals surface area contributed by atoms with Gasteiger partial charge in [-0.3, -0.25) is 4.98 Å². The second kappa shape index (κ2) is 8.92. The van der Waals surface area contributed by atoms with E-state index in [1.54, 1.807) is 0 Å². The Morgan fingerprint density at radius 2 is 1.27 bits per heavy atom. The molecule has 2 heteroatoms. The third-order valence-corrected chi connectivity index (χ3v) is 6.98. The van der Waals surface area contributed by atoms with Crippen LogP contribution < -0.4 is 4.74 Å². The molecule has 0 unspecified atom stereocenters. The number of fused-ring (bicyclic) bond motifs is 3. The first kappa shape index (κ1) is 21.3. The first-order valence-corrected chi connectivity index (χ1v) is 12.5. The lowest BCUT2D eigenvalue weighted by Gasteiger charge is -2.20. The van der Waals surface area contributed by atoms with Crippen LogP contribution in [0.4, 0.5) is 0 Å². The Morgan fingerprint density at radius 3 is 2.11 bits per heavy atom. The minimum Gasteiger partial charge on any atom is -0.456 e. The van der Waals surface area contributed by atoms with Crippen LogP contribution in [-0.2, 0) is 0 Å². The number of benzene rings is 6. The predicted molar refractivity (Wildman–Crippen MR) is 154 cm³/mol. The molecule has 0 aliphatic rings. The lowest BCUT2D eigenvalue weighted by Crippen LogP contribution is -1.94. The highest BCUT2D eigenvalue weighted by molar-refractivity contribution is 6.21. The van der Waals surface area contributed by atoms with Crippen molar-refractivity contribution in [2.24, 2.45) is 0 Å². The summed E-state index contributed by atoms with van der Waals surface area (Å²) < 4.78 is 6.63. The van der Waals surface area contributed by atoms with E-state index in [1.165, 1.54) is 27.5 Å². The maximum atomic E-state index is 6.63. The van der Waals surface area contributed by atoms with Crippen LogP contribution in [-0.4, -0.2) is 4.98 Å². The topological polar surface area (TPSA) is 22.1 Å². The van der Waals surface area contributed by atoms with Gasteiger partial charge in [-0.05, 0) is 57.3 Å². The first-order valence-electron chi connectivity index (χ1n) is 12.5. The molecule has 2 nitrogen and oxygen atoms in total. The summed E-state index contributed by atoms with van der Waals surface area (Å²) in [6.45, 7) is 0. The van der Waals surface area contributed by atoms with Crippen LogP contribution in [0.3, 0.4) is 0 Å². The highest BCUT2D eigenvalue weighted by Gasteiger charge is 2.20. The Morgan fingerprint density at radius 1 is 0.514 bits per heavy atom. The quantitative estimate of drug-likeness (QED) is 0.237. The smallest absolute Gasteiger partial charge is 0.143 e. The molecule has 0 amide bonds. The number of hydrogen-bond acceptors (Lipinski definition) is 2. The number of nitrogens with zero attached hydrogens (tertiary/aromatic N) is 1. The van der Waals surface area contributed by atoms with E-state index in [4.69, 9.17) is 4.74 Å². The van der Waals surface area contributed by atoms with E-state index < -0.39 is 0 Å². The molecule has 0 saturated carbocycles. The summed E-state index contributed by atoms with van der Waals surface area (Å²) in [5.74, 6) is 1.66. The molecular weight excluding hydrogens is 450 g/mol. The van der Waals surface area contributed by atoms with Crippen LogP contribution in [0, 0.1) is 0 Å². The fourth-order valence-corrected chi connectivity index (χ4v) is 5.30. The summed E-state index contributed by atoms with van der Waals surface area (Å²) in [6, 6.07) is 44.4.